The van der Waals surface area contributed by atoms with Crippen molar-refractivity contribution in [2.45, 2.75) is 59.0 Å². The molecular weight excluding hydrogens is 264 g/mol. The van der Waals surface area contributed by atoms with E-state index >= 15 is 0 Å². The SMILES string of the molecule is C[C@H]1CCCC(C)(C)[C@@H]1C(=O)OC[C@H](O)C1=CCCC=C1. The van der Waals surface area contributed by atoms with E-state index in [4.69, 9.17) is 4.74 Å². The van der Waals surface area contributed by atoms with Crippen molar-refractivity contribution in [1.29, 1.82) is 0 Å². The van der Waals surface area contributed by atoms with Crippen molar-refractivity contribution in [1.82, 2.24) is 0 Å². The molecule has 0 amide bonds. The van der Waals surface area contributed by atoms with Crippen LogP contribution in [0, 0.1) is 17.3 Å². The fourth-order valence-corrected chi connectivity index (χ4v) is 3.75. The average Bonchev–Trinajstić information content (AvgIpc) is 2.44. The summed E-state index contributed by atoms with van der Waals surface area (Å²) in [4.78, 5) is 12.4. The Morgan fingerprint density at radius 3 is 2.86 bits per heavy atom. The molecule has 2 rings (SSSR count). The van der Waals surface area contributed by atoms with Crippen molar-refractivity contribution in [3.63, 3.8) is 0 Å². The molecule has 3 atom stereocenters. The van der Waals surface area contributed by atoms with Crippen LogP contribution in [0.25, 0.3) is 0 Å². The number of hydrogen-bond acceptors (Lipinski definition) is 3. The molecule has 0 unspecified atom stereocenters. The number of carbonyl (C=O) groups excluding carboxylic acids is 1. The monoisotopic (exact) mass is 292 g/mol. The summed E-state index contributed by atoms with van der Waals surface area (Å²) >= 11 is 0. The Hall–Kier alpha value is -1.09. The molecule has 2 aliphatic rings. The van der Waals surface area contributed by atoms with Crippen LogP contribution in [0.4, 0.5) is 0 Å². The van der Waals surface area contributed by atoms with Gasteiger partial charge in [0, 0.05) is 0 Å². The average molecular weight is 292 g/mol. The zero-order valence-corrected chi connectivity index (χ0v) is 13.5. The van der Waals surface area contributed by atoms with Crippen molar-refractivity contribution in [3.05, 3.63) is 23.8 Å². The summed E-state index contributed by atoms with van der Waals surface area (Å²) in [5, 5.41) is 10.1. The zero-order chi connectivity index (χ0) is 15.5. The molecule has 21 heavy (non-hydrogen) atoms. The summed E-state index contributed by atoms with van der Waals surface area (Å²) in [6.07, 6.45) is 10.6. The van der Waals surface area contributed by atoms with Gasteiger partial charge >= 0.3 is 5.97 Å². The lowest BCUT2D eigenvalue weighted by Gasteiger charge is -2.41. The quantitative estimate of drug-likeness (QED) is 0.805. The highest BCUT2D eigenvalue weighted by Crippen LogP contribution is 2.44. The second kappa shape index (κ2) is 6.78. The highest BCUT2D eigenvalue weighted by molar-refractivity contribution is 5.74. The van der Waals surface area contributed by atoms with Gasteiger partial charge in [-0.15, -0.1) is 0 Å². The van der Waals surface area contributed by atoms with Crippen LogP contribution in [0.2, 0.25) is 0 Å². The maximum absolute atomic E-state index is 12.4. The lowest BCUT2D eigenvalue weighted by Crippen LogP contribution is -2.41. The standard InChI is InChI=1S/C18H28O3/c1-13-8-7-11-18(2,3)16(13)17(20)21-12-15(19)14-9-5-4-6-10-14/h5,9-10,13,15-16,19H,4,6-8,11-12H2,1-3H3/t13-,15-,16-/m0/s1. The van der Waals surface area contributed by atoms with Crippen LogP contribution in [0.5, 0.6) is 0 Å². The molecule has 0 aromatic heterocycles. The molecule has 118 valence electrons. The molecule has 0 aromatic carbocycles. The molecule has 2 aliphatic carbocycles. The Labute approximate surface area is 128 Å². The summed E-state index contributed by atoms with van der Waals surface area (Å²) in [7, 11) is 0. The molecule has 0 heterocycles. The van der Waals surface area contributed by atoms with Crippen LogP contribution in [-0.4, -0.2) is 23.8 Å². The van der Waals surface area contributed by atoms with Gasteiger partial charge in [0.2, 0.25) is 0 Å². The second-order valence-corrected chi connectivity index (χ2v) is 7.17. The Bertz CT molecular complexity index is 434. The first kappa shape index (κ1) is 16.3. The van der Waals surface area contributed by atoms with Gasteiger partial charge in [-0.1, -0.05) is 45.4 Å². The van der Waals surface area contributed by atoms with Crippen molar-refractivity contribution in [2.24, 2.45) is 17.3 Å². The van der Waals surface area contributed by atoms with Crippen molar-refractivity contribution in [2.75, 3.05) is 6.61 Å². The largest absolute Gasteiger partial charge is 0.462 e. The van der Waals surface area contributed by atoms with E-state index in [-0.39, 0.29) is 23.9 Å². The van der Waals surface area contributed by atoms with E-state index in [1.807, 2.05) is 18.2 Å². The molecule has 1 saturated carbocycles. The smallest absolute Gasteiger partial charge is 0.309 e. The number of aliphatic hydroxyl groups is 1. The van der Waals surface area contributed by atoms with Crippen LogP contribution < -0.4 is 0 Å². The Kier molecular flexibility index (Phi) is 5.26. The number of rotatable bonds is 4. The maximum Gasteiger partial charge on any atom is 0.309 e. The van der Waals surface area contributed by atoms with Crippen LogP contribution in [-0.2, 0) is 9.53 Å². The Balaban J connectivity index is 1.91. The molecule has 3 heteroatoms. The number of allylic oxidation sites excluding steroid dienone is 2. The number of hydrogen-bond donors (Lipinski definition) is 1. The minimum atomic E-state index is -0.701. The van der Waals surface area contributed by atoms with Gasteiger partial charge in [-0.05, 0) is 42.6 Å². The van der Waals surface area contributed by atoms with Gasteiger partial charge in [0.15, 0.2) is 0 Å². The minimum Gasteiger partial charge on any atom is -0.462 e. The summed E-state index contributed by atoms with van der Waals surface area (Å²) in [6, 6.07) is 0. The number of esters is 1. The summed E-state index contributed by atoms with van der Waals surface area (Å²) < 4.78 is 5.44. The lowest BCUT2D eigenvalue weighted by molar-refractivity contribution is -0.159. The molecule has 0 radical (unpaired) electrons. The van der Waals surface area contributed by atoms with Crippen LogP contribution in [0.1, 0.15) is 52.9 Å². The molecule has 0 saturated heterocycles. The van der Waals surface area contributed by atoms with Gasteiger partial charge in [-0.2, -0.15) is 0 Å². The van der Waals surface area contributed by atoms with Gasteiger partial charge in [0.1, 0.15) is 12.7 Å². The Morgan fingerprint density at radius 1 is 1.48 bits per heavy atom. The third-order valence-corrected chi connectivity index (χ3v) is 4.94. The van der Waals surface area contributed by atoms with Crippen molar-refractivity contribution < 1.29 is 14.6 Å². The topological polar surface area (TPSA) is 46.5 Å². The normalized spacial score (nSPS) is 29.6. The van der Waals surface area contributed by atoms with Crippen LogP contribution in [0.15, 0.2) is 23.8 Å². The zero-order valence-electron chi connectivity index (χ0n) is 13.5. The fraction of sp³-hybridized carbons (Fsp3) is 0.722. The second-order valence-electron chi connectivity index (χ2n) is 7.17. The van der Waals surface area contributed by atoms with Crippen LogP contribution >= 0.6 is 0 Å². The van der Waals surface area contributed by atoms with E-state index in [0.29, 0.717) is 5.92 Å². The molecule has 0 aromatic rings. The van der Waals surface area contributed by atoms with E-state index in [9.17, 15) is 9.90 Å². The summed E-state index contributed by atoms with van der Waals surface area (Å²) in [5.74, 6) is 0.146. The number of aliphatic hydroxyl groups excluding tert-OH is 1. The molecule has 3 nitrogen and oxygen atoms in total. The predicted molar refractivity (Wildman–Crippen MR) is 83.7 cm³/mol. The first-order valence-electron chi connectivity index (χ1n) is 8.13. The number of ether oxygens (including phenoxy) is 1. The molecular formula is C18H28O3. The van der Waals surface area contributed by atoms with E-state index in [0.717, 1.165) is 31.3 Å². The third kappa shape index (κ3) is 3.97. The molecule has 1 N–H and O–H groups in total. The van der Waals surface area contributed by atoms with Gasteiger partial charge in [-0.3, -0.25) is 4.79 Å². The van der Waals surface area contributed by atoms with E-state index in [2.05, 4.69) is 20.8 Å². The highest BCUT2D eigenvalue weighted by Gasteiger charge is 2.42. The predicted octanol–water partition coefficient (Wildman–Crippen LogP) is 3.63. The van der Waals surface area contributed by atoms with Gasteiger partial charge in [0.25, 0.3) is 0 Å². The fourth-order valence-electron chi connectivity index (χ4n) is 3.75. The molecule has 0 spiro atoms. The maximum atomic E-state index is 12.4. The minimum absolute atomic E-state index is 0.0102. The molecule has 0 aliphatic heterocycles. The van der Waals surface area contributed by atoms with E-state index in [1.54, 1.807) is 0 Å². The molecule has 0 bridgehead atoms. The Morgan fingerprint density at radius 2 is 2.24 bits per heavy atom. The van der Waals surface area contributed by atoms with E-state index < -0.39 is 6.10 Å². The summed E-state index contributed by atoms with van der Waals surface area (Å²) in [6.45, 7) is 6.50. The third-order valence-electron chi connectivity index (χ3n) is 4.94. The van der Waals surface area contributed by atoms with Gasteiger partial charge in [0.05, 0.1) is 5.92 Å². The first-order valence-corrected chi connectivity index (χ1v) is 8.13. The molecule has 1 fully saturated rings. The van der Waals surface area contributed by atoms with Crippen molar-refractivity contribution in [3.8, 4) is 0 Å². The lowest BCUT2D eigenvalue weighted by atomic mass is 9.64. The summed E-state index contributed by atoms with van der Waals surface area (Å²) in [5.41, 5.74) is 0.856. The van der Waals surface area contributed by atoms with Gasteiger partial charge < -0.3 is 9.84 Å². The highest BCUT2D eigenvalue weighted by atomic mass is 16.5. The van der Waals surface area contributed by atoms with Gasteiger partial charge in [-0.25, -0.2) is 0 Å². The van der Waals surface area contributed by atoms with Crippen LogP contribution in [0.3, 0.4) is 0 Å². The first-order chi connectivity index (χ1) is 9.92. The number of carbonyl (C=O) groups is 1. The van der Waals surface area contributed by atoms with E-state index in [1.165, 1.54) is 6.42 Å². The van der Waals surface area contributed by atoms with Crippen molar-refractivity contribution >= 4 is 5.97 Å².